The average molecular weight is 465 g/mol. The van der Waals surface area contributed by atoms with E-state index >= 15 is 0 Å². The number of amides is 1. The number of likely N-dealkylation sites (tertiary alicyclic amines) is 1. The summed E-state index contributed by atoms with van der Waals surface area (Å²) in [6.07, 6.45) is 1.85. The van der Waals surface area contributed by atoms with E-state index in [0.29, 0.717) is 36.0 Å². The molecule has 3 aromatic carbocycles. The summed E-state index contributed by atoms with van der Waals surface area (Å²) in [6.45, 7) is 1.38. The third-order valence-electron chi connectivity index (χ3n) is 6.24. The summed E-state index contributed by atoms with van der Waals surface area (Å²) in [5, 5.41) is 0. The molecule has 1 amide bonds. The molecule has 6 nitrogen and oxygen atoms in total. The minimum atomic E-state index is -3.80. The van der Waals surface area contributed by atoms with Gasteiger partial charge in [-0.25, -0.2) is 8.42 Å². The maximum absolute atomic E-state index is 13.1. The van der Waals surface area contributed by atoms with Gasteiger partial charge in [0.25, 0.3) is 15.9 Å². The number of carbonyl (C=O) groups is 1. The van der Waals surface area contributed by atoms with Crippen LogP contribution in [0.5, 0.6) is 5.75 Å². The molecule has 33 heavy (non-hydrogen) atoms. The molecule has 1 aliphatic heterocycles. The van der Waals surface area contributed by atoms with Crippen LogP contribution in [0, 0.1) is 0 Å². The Bertz CT molecular complexity index is 1200. The molecule has 172 valence electrons. The van der Waals surface area contributed by atoms with Crippen molar-refractivity contribution in [1.82, 2.24) is 4.90 Å². The van der Waals surface area contributed by atoms with Crippen LogP contribution in [-0.2, 0) is 10.0 Å². The van der Waals surface area contributed by atoms with Gasteiger partial charge in [0, 0.05) is 25.7 Å². The zero-order valence-corrected chi connectivity index (χ0v) is 19.7. The molecule has 3 aromatic rings. The van der Waals surface area contributed by atoms with Crippen LogP contribution in [0.4, 0.5) is 5.69 Å². The van der Waals surface area contributed by atoms with E-state index in [1.807, 2.05) is 23.1 Å². The summed E-state index contributed by atoms with van der Waals surface area (Å²) in [5.74, 6) is 0.867. The van der Waals surface area contributed by atoms with Crippen LogP contribution in [0.2, 0.25) is 0 Å². The van der Waals surface area contributed by atoms with Crippen LogP contribution in [0.25, 0.3) is 0 Å². The van der Waals surface area contributed by atoms with Crippen molar-refractivity contribution in [2.75, 3.05) is 31.6 Å². The lowest BCUT2D eigenvalue weighted by Crippen LogP contribution is -2.38. The number of anilines is 1. The van der Waals surface area contributed by atoms with Crippen LogP contribution >= 0.6 is 0 Å². The van der Waals surface area contributed by atoms with E-state index in [4.69, 9.17) is 4.74 Å². The molecule has 0 N–H and O–H groups in total. The van der Waals surface area contributed by atoms with Crippen molar-refractivity contribution in [1.29, 1.82) is 0 Å². The topological polar surface area (TPSA) is 66.9 Å². The molecular formula is C26H28N2O4S. The van der Waals surface area contributed by atoms with Gasteiger partial charge in [-0.2, -0.15) is 0 Å². The minimum Gasteiger partial charge on any atom is -0.495 e. The number of para-hydroxylation sites is 2. The number of carbonyl (C=O) groups excluding carboxylic acids is 1. The Kier molecular flexibility index (Phi) is 6.70. The molecule has 1 aliphatic rings. The molecule has 0 saturated carbocycles. The van der Waals surface area contributed by atoms with Gasteiger partial charge in [-0.3, -0.25) is 9.10 Å². The zero-order chi connectivity index (χ0) is 23.4. The van der Waals surface area contributed by atoms with Gasteiger partial charge in [0.1, 0.15) is 5.75 Å². The molecule has 0 atom stereocenters. The quantitative estimate of drug-likeness (QED) is 0.537. The summed E-state index contributed by atoms with van der Waals surface area (Å²) in [5.41, 5.74) is 2.26. The van der Waals surface area contributed by atoms with Gasteiger partial charge in [-0.1, -0.05) is 42.5 Å². The van der Waals surface area contributed by atoms with Crippen LogP contribution in [0.1, 0.15) is 34.7 Å². The second-order valence-electron chi connectivity index (χ2n) is 8.15. The largest absolute Gasteiger partial charge is 0.495 e. The van der Waals surface area contributed by atoms with Gasteiger partial charge in [0.15, 0.2) is 0 Å². The first-order chi connectivity index (χ1) is 15.9. The van der Waals surface area contributed by atoms with Crippen LogP contribution in [0.3, 0.4) is 0 Å². The van der Waals surface area contributed by atoms with Gasteiger partial charge in [0.05, 0.1) is 17.7 Å². The molecule has 0 radical (unpaired) electrons. The lowest BCUT2D eigenvalue weighted by atomic mass is 9.89. The third-order valence-corrected chi connectivity index (χ3v) is 8.02. The highest BCUT2D eigenvalue weighted by molar-refractivity contribution is 7.92. The number of rotatable bonds is 6. The average Bonchev–Trinajstić information content (AvgIpc) is 2.88. The first kappa shape index (κ1) is 22.9. The van der Waals surface area contributed by atoms with Crippen molar-refractivity contribution in [3.63, 3.8) is 0 Å². The molecule has 7 heteroatoms. The van der Waals surface area contributed by atoms with Gasteiger partial charge in [-0.05, 0) is 60.7 Å². The maximum Gasteiger partial charge on any atom is 0.264 e. The fourth-order valence-electron chi connectivity index (χ4n) is 4.27. The number of ether oxygens (including phenoxy) is 1. The number of methoxy groups -OCH3 is 1. The van der Waals surface area contributed by atoms with Crippen molar-refractivity contribution < 1.29 is 17.9 Å². The highest BCUT2D eigenvalue weighted by atomic mass is 32.2. The Morgan fingerprint density at radius 3 is 2.15 bits per heavy atom. The van der Waals surface area contributed by atoms with Crippen molar-refractivity contribution in [3.8, 4) is 5.75 Å². The Labute approximate surface area is 195 Å². The standard InChI is InChI=1S/C26H28N2O4S/c1-27(24-10-6-7-11-25(24)32-2)33(30,31)23-14-12-22(13-15-23)26(29)28-18-16-21(17-19-28)20-8-4-3-5-9-20/h3-15,21H,16-19H2,1-2H3. The van der Waals surface area contributed by atoms with E-state index in [2.05, 4.69) is 12.1 Å². The molecule has 0 spiro atoms. The van der Waals surface area contributed by atoms with Crippen molar-refractivity contribution in [3.05, 3.63) is 90.0 Å². The van der Waals surface area contributed by atoms with Crippen molar-refractivity contribution in [2.24, 2.45) is 0 Å². The molecule has 1 heterocycles. The molecule has 0 unspecified atom stereocenters. The van der Waals surface area contributed by atoms with Gasteiger partial charge < -0.3 is 9.64 Å². The Morgan fingerprint density at radius 1 is 0.909 bits per heavy atom. The Balaban J connectivity index is 1.45. The normalized spacial score (nSPS) is 14.7. The van der Waals surface area contributed by atoms with Crippen LogP contribution in [-0.4, -0.2) is 46.5 Å². The van der Waals surface area contributed by atoms with Crippen molar-refractivity contribution >= 4 is 21.6 Å². The fraction of sp³-hybridized carbons (Fsp3) is 0.269. The van der Waals surface area contributed by atoms with E-state index in [1.165, 1.54) is 36.2 Å². The van der Waals surface area contributed by atoms with Gasteiger partial charge in [0.2, 0.25) is 0 Å². The number of nitrogens with zero attached hydrogens (tertiary/aromatic N) is 2. The number of piperidine rings is 1. The number of hydrogen-bond acceptors (Lipinski definition) is 4. The lowest BCUT2D eigenvalue weighted by Gasteiger charge is -2.32. The summed E-state index contributed by atoms with van der Waals surface area (Å²) >= 11 is 0. The summed E-state index contributed by atoms with van der Waals surface area (Å²) in [6, 6.07) is 23.5. The third kappa shape index (κ3) is 4.73. The molecule has 4 rings (SSSR count). The highest BCUT2D eigenvalue weighted by Gasteiger charge is 2.26. The second-order valence-corrected chi connectivity index (χ2v) is 10.1. The van der Waals surface area contributed by atoms with Crippen molar-refractivity contribution in [2.45, 2.75) is 23.7 Å². The first-order valence-electron chi connectivity index (χ1n) is 11.0. The number of sulfonamides is 1. The zero-order valence-electron chi connectivity index (χ0n) is 18.8. The van der Waals surface area contributed by atoms with Crippen LogP contribution < -0.4 is 9.04 Å². The van der Waals surface area contributed by atoms with E-state index < -0.39 is 10.0 Å². The monoisotopic (exact) mass is 464 g/mol. The van der Waals surface area contributed by atoms with E-state index in [9.17, 15) is 13.2 Å². The van der Waals surface area contributed by atoms with E-state index in [0.717, 1.165) is 12.8 Å². The summed E-state index contributed by atoms with van der Waals surface area (Å²) < 4.78 is 32.7. The smallest absolute Gasteiger partial charge is 0.264 e. The predicted molar refractivity (Wildman–Crippen MR) is 129 cm³/mol. The first-order valence-corrected chi connectivity index (χ1v) is 12.4. The summed E-state index contributed by atoms with van der Waals surface area (Å²) in [7, 11) is -0.810. The Morgan fingerprint density at radius 2 is 1.52 bits per heavy atom. The fourth-order valence-corrected chi connectivity index (χ4v) is 5.48. The maximum atomic E-state index is 13.1. The van der Waals surface area contributed by atoms with Gasteiger partial charge >= 0.3 is 0 Å². The minimum absolute atomic E-state index is 0.0662. The molecule has 0 aliphatic carbocycles. The predicted octanol–water partition coefficient (Wildman–Crippen LogP) is 4.54. The highest BCUT2D eigenvalue weighted by Crippen LogP contribution is 2.31. The number of benzene rings is 3. The molecule has 0 bridgehead atoms. The van der Waals surface area contributed by atoms with Crippen LogP contribution in [0.15, 0.2) is 83.8 Å². The molecule has 0 aromatic heterocycles. The summed E-state index contributed by atoms with van der Waals surface area (Å²) in [4.78, 5) is 15.0. The van der Waals surface area contributed by atoms with E-state index in [1.54, 1.807) is 36.4 Å². The number of hydrogen-bond donors (Lipinski definition) is 0. The lowest BCUT2D eigenvalue weighted by molar-refractivity contribution is 0.0713. The Hall–Kier alpha value is -3.32. The molecule has 1 saturated heterocycles. The van der Waals surface area contributed by atoms with E-state index in [-0.39, 0.29) is 10.8 Å². The molecule has 1 fully saturated rings. The van der Waals surface area contributed by atoms with Gasteiger partial charge in [-0.15, -0.1) is 0 Å². The SMILES string of the molecule is COc1ccccc1N(C)S(=O)(=O)c1ccc(C(=O)N2CCC(c3ccccc3)CC2)cc1. The second kappa shape index (κ2) is 9.67. The molecular weight excluding hydrogens is 436 g/mol.